The molecule has 0 bridgehead atoms. The smallest absolute Gasteiger partial charge is 0.359 e. The quantitative estimate of drug-likeness (QED) is 0.0340. The molecular weight excluding hydrogens is 624 g/mol. The fourth-order valence-corrected chi connectivity index (χ4v) is 4.42. The molecule has 12 N–H and O–H groups in total. The lowest BCUT2D eigenvalue weighted by Gasteiger charge is -2.43. The summed E-state index contributed by atoms with van der Waals surface area (Å²) in [6.45, 7) is -3.13. The van der Waals surface area contributed by atoms with Gasteiger partial charge in [0.1, 0.15) is 36.6 Å². The summed E-state index contributed by atoms with van der Waals surface area (Å²) in [5.41, 5.74) is 11.4. The van der Waals surface area contributed by atoms with Crippen molar-refractivity contribution < 1.29 is 69.7 Å². The summed E-state index contributed by atoms with van der Waals surface area (Å²) in [6, 6.07) is -2.38. The lowest BCUT2D eigenvalue weighted by atomic mass is 9.94. The number of amides is 2. The number of aliphatic hydroxyl groups excluding tert-OH is 8. The van der Waals surface area contributed by atoms with Crippen LogP contribution in [0.2, 0.25) is 0 Å². The standard InChI is InChI=1S/C24H40N8O14/c1-29(7-15(37)31-5-13(35)21(43)19(41)11(31)9-33)23(25)27-45-17(39)3-4-18(40)46-28-24(26)30(2)8-16(38)32-6-14(36)22(44)20(42)12(32)10-34/h3-4,11-14,19-22,33-36,41-44H,5-10H2,1-2H3,(H2,25,27)(H2,26,28)/b4-3-/t11?,12?,13-,14-,19-,20-,21+,22+/m0/s1. The minimum absolute atomic E-state index is 0.376. The van der Waals surface area contributed by atoms with Crippen LogP contribution in [0.15, 0.2) is 22.5 Å². The van der Waals surface area contributed by atoms with Crippen molar-refractivity contribution >= 4 is 35.7 Å². The number of hydrogen-bond acceptors (Lipinski definition) is 16. The normalized spacial score (nSPS) is 29.0. The summed E-state index contributed by atoms with van der Waals surface area (Å²) in [4.78, 5) is 62.1. The van der Waals surface area contributed by atoms with E-state index in [1.807, 2.05) is 0 Å². The second kappa shape index (κ2) is 17.0. The maximum atomic E-state index is 12.6. The molecule has 0 aliphatic carbocycles. The minimum Gasteiger partial charge on any atom is -0.394 e. The third-order valence-corrected chi connectivity index (χ3v) is 7.20. The minimum atomic E-state index is -1.60. The second-order valence-electron chi connectivity index (χ2n) is 10.5. The summed E-state index contributed by atoms with van der Waals surface area (Å²) in [5, 5.41) is 84.9. The molecule has 260 valence electrons. The number of rotatable bonds is 10. The highest BCUT2D eigenvalue weighted by atomic mass is 16.7. The van der Waals surface area contributed by atoms with Crippen LogP contribution < -0.4 is 11.5 Å². The zero-order chi connectivity index (χ0) is 34.9. The van der Waals surface area contributed by atoms with Gasteiger partial charge in [-0.15, -0.1) is 0 Å². The van der Waals surface area contributed by atoms with Gasteiger partial charge in [-0.05, 0) is 10.3 Å². The van der Waals surface area contributed by atoms with Gasteiger partial charge in [-0.3, -0.25) is 9.59 Å². The maximum Gasteiger partial charge on any atom is 0.359 e. The average Bonchev–Trinajstić information content (AvgIpc) is 3.02. The van der Waals surface area contributed by atoms with E-state index < -0.39 is 111 Å². The van der Waals surface area contributed by atoms with Gasteiger partial charge >= 0.3 is 11.9 Å². The zero-order valence-electron chi connectivity index (χ0n) is 24.9. The molecule has 0 spiro atoms. The van der Waals surface area contributed by atoms with Gasteiger partial charge in [-0.1, -0.05) is 0 Å². The molecule has 2 aliphatic heterocycles. The number of oxime groups is 2. The first-order valence-electron chi connectivity index (χ1n) is 13.6. The van der Waals surface area contributed by atoms with Crippen molar-refractivity contribution in [2.45, 2.75) is 48.7 Å². The molecule has 2 rings (SSSR count). The van der Waals surface area contributed by atoms with Crippen LogP contribution in [-0.4, -0.2) is 198 Å². The van der Waals surface area contributed by atoms with Crippen LogP contribution >= 0.6 is 0 Å². The number of piperidine rings is 2. The Kier molecular flexibility index (Phi) is 14.0. The molecule has 0 aromatic rings. The highest BCUT2D eigenvalue weighted by Gasteiger charge is 2.44. The second-order valence-corrected chi connectivity index (χ2v) is 10.5. The molecule has 0 aromatic carbocycles. The number of guanidine groups is 2. The Labute approximate surface area is 261 Å². The predicted octanol–water partition coefficient (Wildman–Crippen LogP) is -8.48. The Bertz CT molecular complexity index is 1100. The van der Waals surface area contributed by atoms with Crippen LogP contribution in [0.3, 0.4) is 0 Å². The first-order chi connectivity index (χ1) is 21.5. The van der Waals surface area contributed by atoms with Gasteiger partial charge in [0.2, 0.25) is 23.7 Å². The molecule has 2 amide bonds. The topological polar surface area (TPSA) is 338 Å². The molecule has 0 aromatic heterocycles. The van der Waals surface area contributed by atoms with Gasteiger partial charge in [0, 0.05) is 39.3 Å². The van der Waals surface area contributed by atoms with Crippen LogP contribution in [0.4, 0.5) is 0 Å². The molecule has 46 heavy (non-hydrogen) atoms. The highest BCUT2D eigenvalue weighted by molar-refractivity contribution is 5.93. The summed E-state index contributed by atoms with van der Waals surface area (Å²) < 4.78 is 0. The van der Waals surface area contributed by atoms with E-state index in [0.29, 0.717) is 12.2 Å². The Morgan fingerprint density at radius 2 is 1.02 bits per heavy atom. The molecule has 0 saturated carbocycles. The van der Waals surface area contributed by atoms with Crippen molar-refractivity contribution in [3.63, 3.8) is 0 Å². The van der Waals surface area contributed by atoms with Gasteiger partial charge in [-0.25, -0.2) is 9.59 Å². The lowest BCUT2D eigenvalue weighted by molar-refractivity contribution is -0.166. The fourth-order valence-electron chi connectivity index (χ4n) is 4.42. The third kappa shape index (κ3) is 9.67. The Hall–Kier alpha value is -4.16. The maximum absolute atomic E-state index is 12.6. The third-order valence-electron chi connectivity index (χ3n) is 7.20. The monoisotopic (exact) mass is 664 g/mol. The number of nitrogens with two attached hydrogens (primary N) is 2. The molecule has 2 saturated heterocycles. The Balaban J connectivity index is 1.85. The van der Waals surface area contributed by atoms with E-state index >= 15 is 0 Å². The van der Waals surface area contributed by atoms with E-state index in [1.165, 1.54) is 14.1 Å². The van der Waals surface area contributed by atoms with Crippen LogP contribution in [0.1, 0.15) is 0 Å². The molecule has 22 nitrogen and oxygen atoms in total. The summed E-state index contributed by atoms with van der Waals surface area (Å²) in [6.07, 6.45) is -8.07. The highest BCUT2D eigenvalue weighted by Crippen LogP contribution is 2.20. The number of likely N-dealkylation sites (N-methyl/N-ethyl adjacent to an activating group) is 2. The van der Waals surface area contributed by atoms with Crippen molar-refractivity contribution in [1.29, 1.82) is 0 Å². The summed E-state index contributed by atoms with van der Waals surface area (Å²) in [7, 11) is 2.58. The van der Waals surface area contributed by atoms with Crippen LogP contribution in [0.5, 0.6) is 0 Å². The molecule has 0 radical (unpaired) electrons. The summed E-state index contributed by atoms with van der Waals surface area (Å²) >= 11 is 0. The number of likely N-dealkylation sites (tertiary alicyclic amines) is 2. The first kappa shape index (κ1) is 38.0. The first-order valence-corrected chi connectivity index (χ1v) is 13.6. The van der Waals surface area contributed by atoms with Crippen LogP contribution in [0.25, 0.3) is 0 Å². The Morgan fingerprint density at radius 3 is 1.33 bits per heavy atom. The van der Waals surface area contributed by atoms with E-state index in [-0.39, 0.29) is 13.1 Å². The van der Waals surface area contributed by atoms with Crippen molar-refractivity contribution in [3.05, 3.63) is 12.2 Å². The number of hydrogen-bond donors (Lipinski definition) is 10. The molecule has 22 heteroatoms. The number of carbonyl (C=O) groups excluding carboxylic acids is 4. The molecular formula is C24H40N8O14. The SMILES string of the molecule is CN(CC(=O)N1C[C@H](O)[C@@H](O)[C@@H](O)C1CO)C(N)=NOC(=O)/C=C\C(=O)ON=C(N)N(C)CC(=O)N1C[C@H](O)[C@@H](O)[C@@H](O)C1CO. The fraction of sp³-hybridized carbons (Fsp3) is 0.667. The van der Waals surface area contributed by atoms with Gasteiger partial charge in [0.05, 0.1) is 38.4 Å². The van der Waals surface area contributed by atoms with E-state index in [2.05, 4.69) is 20.0 Å². The predicted molar refractivity (Wildman–Crippen MR) is 151 cm³/mol. The van der Waals surface area contributed by atoms with Gasteiger partial charge in [0.25, 0.3) is 0 Å². The van der Waals surface area contributed by atoms with Crippen molar-refractivity contribution in [2.24, 2.45) is 21.8 Å². The van der Waals surface area contributed by atoms with E-state index in [1.54, 1.807) is 0 Å². The van der Waals surface area contributed by atoms with Crippen LogP contribution in [0, 0.1) is 0 Å². The molecule has 2 aliphatic rings. The largest absolute Gasteiger partial charge is 0.394 e. The van der Waals surface area contributed by atoms with E-state index in [0.717, 1.165) is 19.6 Å². The van der Waals surface area contributed by atoms with Gasteiger partial charge < -0.3 is 81.6 Å². The zero-order valence-corrected chi connectivity index (χ0v) is 24.9. The molecule has 2 heterocycles. The van der Waals surface area contributed by atoms with E-state index in [9.17, 15) is 60.0 Å². The van der Waals surface area contributed by atoms with Gasteiger partial charge in [-0.2, -0.15) is 0 Å². The van der Waals surface area contributed by atoms with Crippen molar-refractivity contribution in [1.82, 2.24) is 19.6 Å². The average molecular weight is 665 g/mol. The van der Waals surface area contributed by atoms with Crippen LogP contribution in [-0.2, 0) is 28.9 Å². The number of nitrogens with zero attached hydrogens (tertiary/aromatic N) is 6. The summed E-state index contributed by atoms with van der Waals surface area (Å²) in [5.74, 6) is -4.78. The number of β-amino-alcohol motifs (C(OH)–C–C–N with tert-alkyl or cyclic N) is 2. The van der Waals surface area contributed by atoms with Gasteiger partial charge in [0.15, 0.2) is 0 Å². The molecule has 8 atom stereocenters. The lowest BCUT2D eigenvalue weighted by Crippen LogP contribution is -2.65. The Morgan fingerprint density at radius 1 is 0.696 bits per heavy atom. The molecule has 2 fully saturated rings. The van der Waals surface area contributed by atoms with Crippen molar-refractivity contribution in [2.75, 3.05) is 53.5 Å². The van der Waals surface area contributed by atoms with Crippen molar-refractivity contribution in [3.8, 4) is 0 Å². The number of aliphatic hydroxyl groups is 8. The number of carbonyl (C=O) groups is 4. The molecule has 2 unspecified atom stereocenters. The van der Waals surface area contributed by atoms with E-state index in [4.69, 9.17) is 11.5 Å².